The van der Waals surface area contributed by atoms with E-state index in [0.717, 1.165) is 5.56 Å². The predicted molar refractivity (Wildman–Crippen MR) is 89.0 cm³/mol. The van der Waals surface area contributed by atoms with Crippen LogP contribution in [0.5, 0.6) is 5.75 Å². The summed E-state index contributed by atoms with van der Waals surface area (Å²) in [6.45, 7) is 3.58. The van der Waals surface area contributed by atoms with E-state index in [1.54, 1.807) is 19.1 Å². The highest BCUT2D eigenvalue weighted by Gasteiger charge is 2.11. The van der Waals surface area contributed by atoms with Gasteiger partial charge < -0.3 is 5.11 Å². The lowest BCUT2D eigenvalue weighted by Crippen LogP contribution is -2.19. The van der Waals surface area contributed by atoms with Crippen molar-refractivity contribution in [3.8, 4) is 5.75 Å². The first kappa shape index (κ1) is 16.3. The van der Waals surface area contributed by atoms with Crippen LogP contribution in [0.4, 0.5) is 0 Å². The molecule has 0 aliphatic carbocycles. The molecule has 2 rings (SSSR count). The van der Waals surface area contributed by atoms with Crippen molar-refractivity contribution in [3.05, 3.63) is 63.1 Å². The van der Waals surface area contributed by atoms with Crippen molar-refractivity contribution in [2.75, 3.05) is 0 Å². The Labute approximate surface area is 138 Å². The normalized spacial score (nSPS) is 11.4. The smallest absolute Gasteiger partial charge is 0.271 e. The fraction of sp³-hybridized carbons (Fsp3) is 0.125. The van der Waals surface area contributed by atoms with Gasteiger partial charge in [0.2, 0.25) is 0 Å². The third-order valence-corrected chi connectivity index (χ3v) is 3.56. The number of phenolic OH excluding ortho intramolecular Hbond substituents is 1. The number of aryl methyl sites for hydroxylation is 1. The van der Waals surface area contributed by atoms with E-state index in [4.69, 9.17) is 23.2 Å². The van der Waals surface area contributed by atoms with Gasteiger partial charge in [0.15, 0.2) is 0 Å². The average Bonchev–Trinajstić information content (AvgIpc) is 2.48. The molecule has 2 N–H and O–H groups in total. The number of benzene rings is 2. The fourth-order valence-electron chi connectivity index (χ4n) is 1.81. The number of rotatable bonds is 3. The number of hydrazone groups is 1. The highest BCUT2D eigenvalue weighted by molar-refractivity contribution is 6.36. The standard InChI is InChI=1S/C16H14Cl2N2O2/c1-9-3-5-11(6-4-9)16(22)20-19-10(2)13-7-12(17)8-14(18)15(13)21/h3-8,21H,1-2H3,(H,20,22). The molecular formula is C16H14Cl2N2O2. The van der Waals surface area contributed by atoms with E-state index in [0.29, 0.717) is 21.9 Å². The summed E-state index contributed by atoms with van der Waals surface area (Å²) < 4.78 is 0. The molecule has 4 nitrogen and oxygen atoms in total. The average molecular weight is 337 g/mol. The molecular weight excluding hydrogens is 323 g/mol. The molecule has 2 aromatic rings. The summed E-state index contributed by atoms with van der Waals surface area (Å²) in [5.74, 6) is -0.469. The molecule has 114 valence electrons. The monoisotopic (exact) mass is 336 g/mol. The lowest BCUT2D eigenvalue weighted by molar-refractivity contribution is 0.0955. The van der Waals surface area contributed by atoms with Gasteiger partial charge in [-0.2, -0.15) is 5.10 Å². The highest BCUT2D eigenvalue weighted by atomic mass is 35.5. The van der Waals surface area contributed by atoms with Gasteiger partial charge in [-0.3, -0.25) is 4.79 Å². The minimum absolute atomic E-state index is 0.127. The van der Waals surface area contributed by atoms with Crippen molar-refractivity contribution in [2.24, 2.45) is 5.10 Å². The second-order valence-electron chi connectivity index (χ2n) is 4.79. The molecule has 0 aliphatic rings. The molecule has 0 bridgehead atoms. The topological polar surface area (TPSA) is 61.7 Å². The summed E-state index contributed by atoms with van der Waals surface area (Å²) >= 11 is 11.8. The molecule has 1 amide bonds. The van der Waals surface area contributed by atoms with Crippen LogP contribution in [0.25, 0.3) is 0 Å². The van der Waals surface area contributed by atoms with Gasteiger partial charge in [-0.05, 0) is 38.1 Å². The van der Waals surface area contributed by atoms with Gasteiger partial charge in [-0.15, -0.1) is 0 Å². The second-order valence-corrected chi connectivity index (χ2v) is 5.63. The Kier molecular flexibility index (Phi) is 5.06. The number of aromatic hydroxyl groups is 1. The minimum atomic E-state index is -0.341. The third-order valence-electron chi connectivity index (χ3n) is 3.06. The summed E-state index contributed by atoms with van der Waals surface area (Å²) in [4.78, 5) is 12.0. The molecule has 0 unspecified atom stereocenters. The van der Waals surface area contributed by atoms with Crippen molar-refractivity contribution in [3.63, 3.8) is 0 Å². The molecule has 0 saturated heterocycles. The minimum Gasteiger partial charge on any atom is -0.506 e. The Balaban J connectivity index is 2.19. The number of nitrogens with one attached hydrogen (secondary N) is 1. The SMILES string of the molecule is CC(=NNC(=O)c1ccc(C)cc1)c1cc(Cl)cc(Cl)c1O. The molecule has 0 radical (unpaired) electrons. The number of amides is 1. The van der Waals surface area contributed by atoms with Crippen molar-refractivity contribution < 1.29 is 9.90 Å². The predicted octanol–water partition coefficient (Wildman–Crippen LogP) is 4.16. The number of carbonyl (C=O) groups excluding carboxylic acids is 1. The summed E-state index contributed by atoms with van der Waals surface area (Å²) in [7, 11) is 0. The van der Waals surface area contributed by atoms with Crippen LogP contribution >= 0.6 is 23.2 Å². The maximum Gasteiger partial charge on any atom is 0.271 e. The van der Waals surface area contributed by atoms with Crippen LogP contribution in [0.2, 0.25) is 10.0 Å². The van der Waals surface area contributed by atoms with E-state index < -0.39 is 0 Å². The van der Waals surface area contributed by atoms with Crippen molar-refractivity contribution >= 4 is 34.8 Å². The molecule has 22 heavy (non-hydrogen) atoms. The lowest BCUT2D eigenvalue weighted by Gasteiger charge is -2.07. The van der Waals surface area contributed by atoms with Crippen LogP contribution < -0.4 is 5.43 Å². The first-order valence-electron chi connectivity index (χ1n) is 6.48. The van der Waals surface area contributed by atoms with Gasteiger partial charge in [0.1, 0.15) is 5.75 Å². The van der Waals surface area contributed by atoms with Crippen molar-refractivity contribution in [2.45, 2.75) is 13.8 Å². The van der Waals surface area contributed by atoms with Crippen molar-refractivity contribution in [1.29, 1.82) is 0 Å². The number of carbonyl (C=O) groups is 1. The Morgan fingerprint density at radius 1 is 1.18 bits per heavy atom. The number of hydrogen-bond donors (Lipinski definition) is 2. The van der Waals surface area contributed by atoms with E-state index in [2.05, 4.69) is 10.5 Å². The zero-order valence-electron chi connectivity index (χ0n) is 12.0. The first-order valence-corrected chi connectivity index (χ1v) is 7.23. The van der Waals surface area contributed by atoms with Crippen LogP contribution in [-0.2, 0) is 0 Å². The summed E-state index contributed by atoms with van der Waals surface area (Å²) in [5, 5.41) is 14.4. The van der Waals surface area contributed by atoms with Gasteiger partial charge >= 0.3 is 0 Å². The third kappa shape index (κ3) is 3.78. The summed E-state index contributed by atoms with van der Waals surface area (Å²) in [6.07, 6.45) is 0. The van der Waals surface area contributed by atoms with E-state index in [-0.39, 0.29) is 16.7 Å². The summed E-state index contributed by atoms with van der Waals surface area (Å²) in [6, 6.07) is 10.1. The maximum absolute atomic E-state index is 12.0. The molecule has 0 saturated carbocycles. The number of halogens is 2. The van der Waals surface area contributed by atoms with Crippen LogP contribution in [0.1, 0.15) is 28.4 Å². The molecule has 0 atom stereocenters. The molecule has 0 spiro atoms. The van der Waals surface area contributed by atoms with Gasteiger partial charge in [0.05, 0.1) is 10.7 Å². The zero-order valence-corrected chi connectivity index (χ0v) is 13.5. The molecule has 0 fully saturated rings. The van der Waals surface area contributed by atoms with Crippen molar-refractivity contribution in [1.82, 2.24) is 5.43 Å². The maximum atomic E-state index is 12.0. The van der Waals surface area contributed by atoms with Crippen LogP contribution in [0, 0.1) is 6.92 Å². The Hall–Kier alpha value is -2.04. The number of nitrogens with zero attached hydrogens (tertiary/aromatic N) is 1. The second kappa shape index (κ2) is 6.81. The zero-order chi connectivity index (χ0) is 16.3. The van der Waals surface area contributed by atoms with Gasteiger partial charge in [-0.1, -0.05) is 40.9 Å². The molecule has 0 aliphatic heterocycles. The van der Waals surface area contributed by atoms with Gasteiger partial charge in [0, 0.05) is 16.1 Å². The largest absolute Gasteiger partial charge is 0.506 e. The first-order chi connectivity index (χ1) is 10.4. The van der Waals surface area contributed by atoms with E-state index in [9.17, 15) is 9.90 Å². The van der Waals surface area contributed by atoms with Crippen LogP contribution in [0.15, 0.2) is 41.5 Å². The molecule has 2 aromatic carbocycles. The van der Waals surface area contributed by atoms with Gasteiger partial charge in [-0.25, -0.2) is 5.43 Å². The molecule has 0 heterocycles. The number of phenols is 1. The quantitative estimate of drug-likeness (QED) is 0.652. The van der Waals surface area contributed by atoms with Gasteiger partial charge in [0.25, 0.3) is 5.91 Å². The Morgan fingerprint density at radius 2 is 1.82 bits per heavy atom. The van der Waals surface area contributed by atoms with E-state index >= 15 is 0 Å². The van der Waals surface area contributed by atoms with Crippen LogP contribution in [0.3, 0.4) is 0 Å². The van der Waals surface area contributed by atoms with Crippen LogP contribution in [-0.4, -0.2) is 16.7 Å². The van der Waals surface area contributed by atoms with E-state index in [1.807, 2.05) is 19.1 Å². The molecule has 0 aromatic heterocycles. The fourth-order valence-corrected chi connectivity index (χ4v) is 2.30. The summed E-state index contributed by atoms with van der Waals surface area (Å²) in [5.41, 5.74) is 4.75. The van der Waals surface area contributed by atoms with E-state index in [1.165, 1.54) is 12.1 Å². The Bertz CT molecular complexity index is 741. The number of hydrogen-bond acceptors (Lipinski definition) is 3. The highest BCUT2D eigenvalue weighted by Crippen LogP contribution is 2.31. The Morgan fingerprint density at radius 3 is 2.45 bits per heavy atom. The lowest BCUT2D eigenvalue weighted by atomic mass is 10.1. The molecule has 6 heteroatoms.